The number of nitrogens with zero attached hydrogens (tertiary/aromatic N) is 1. The summed E-state index contributed by atoms with van der Waals surface area (Å²) in [6, 6.07) is 16.4. The molecule has 2 aromatic rings. The van der Waals surface area contributed by atoms with Crippen molar-refractivity contribution in [3.05, 3.63) is 70.8 Å². The average molecular weight is 294 g/mol. The molecule has 1 heterocycles. The van der Waals surface area contributed by atoms with Crippen LogP contribution < -0.4 is 5.32 Å². The van der Waals surface area contributed by atoms with E-state index in [1.54, 1.807) is 0 Å². The molecule has 114 valence electrons. The van der Waals surface area contributed by atoms with Gasteiger partial charge in [0.15, 0.2) is 0 Å². The molecule has 0 aliphatic carbocycles. The van der Waals surface area contributed by atoms with E-state index in [0.717, 1.165) is 38.2 Å². The molecule has 0 atom stereocenters. The van der Waals surface area contributed by atoms with E-state index in [4.69, 9.17) is 0 Å². The van der Waals surface area contributed by atoms with Crippen LogP contribution in [0.1, 0.15) is 34.0 Å². The zero-order chi connectivity index (χ0) is 15.4. The number of nitrogens with one attached hydrogen (secondary N) is 1. The van der Waals surface area contributed by atoms with Gasteiger partial charge in [0.05, 0.1) is 0 Å². The number of carbonyl (C=O) groups is 1. The standard InChI is InChI=1S/C19H22N2O/c1-2-21(11-10-15-6-4-3-5-7-15)19(22)16-8-9-17-13-20-14-18(17)12-16/h3-9,12,20H,2,10-11,13-14H2,1H3. The minimum absolute atomic E-state index is 0.133. The fourth-order valence-corrected chi connectivity index (χ4v) is 2.92. The van der Waals surface area contributed by atoms with Crippen molar-refractivity contribution in [2.24, 2.45) is 0 Å². The highest BCUT2D eigenvalue weighted by Crippen LogP contribution is 2.18. The van der Waals surface area contributed by atoms with Crippen molar-refractivity contribution in [1.29, 1.82) is 0 Å². The van der Waals surface area contributed by atoms with Crippen LogP contribution in [0.5, 0.6) is 0 Å². The van der Waals surface area contributed by atoms with Gasteiger partial charge in [-0.15, -0.1) is 0 Å². The van der Waals surface area contributed by atoms with Crippen molar-refractivity contribution in [3.63, 3.8) is 0 Å². The number of amides is 1. The number of fused-ring (bicyclic) bond motifs is 1. The molecule has 3 rings (SSSR count). The second kappa shape index (κ2) is 6.75. The molecule has 0 aromatic heterocycles. The smallest absolute Gasteiger partial charge is 0.253 e. The molecule has 3 heteroatoms. The molecule has 0 bridgehead atoms. The largest absolute Gasteiger partial charge is 0.339 e. The average Bonchev–Trinajstić information content (AvgIpc) is 3.03. The van der Waals surface area contributed by atoms with Crippen molar-refractivity contribution < 1.29 is 4.79 Å². The molecule has 1 amide bonds. The third-order valence-corrected chi connectivity index (χ3v) is 4.27. The summed E-state index contributed by atoms with van der Waals surface area (Å²) in [6.07, 6.45) is 0.896. The Morgan fingerprint density at radius 2 is 1.86 bits per heavy atom. The molecule has 0 saturated heterocycles. The van der Waals surface area contributed by atoms with Gasteiger partial charge in [0.25, 0.3) is 5.91 Å². The Labute approximate surface area is 132 Å². The topological polar surface area (TPSA) is 32.3 Å². The Morgan fingerprint density at radius 3 is 2.64 bits per heavy atom. The van der Waals surface area contributed by atoms with Crippen LogP contribution in [-0.4, -0.2) is 23.9 Å². The fourth-order valence-electron chi connectivity index (χ4n) is 2.92. The van der Waals surface area contributed by atoms with Gasteiger partial charge < -0.3 is 10.2 Å². The summed E-state index contributed by atoms with van der Waals surface area (Å²) in [5, 5.41) is 3.32. The van der Waals surface area contributed by atoms with Gasteiger partial charge in [-0.2, -0.15) is 0 Å². The first kappa shape index (κ1) is 14.8. The third-order valence-electron chi connectivity index (χ3n) is 4.27. The van der Waals surface area contributed by atoms with Crippen LogP contribution in [0.2, 0.25) is 0 Å². The summed E-state index contributed by atoms with van der Waals surface area (Å²) in [6.45, 7) is 5.31. The van der Waals surface area contributed by atoms with Crippen molar-refractivity contribution >= 4 is 5.91 Å². The van der Waals surface area contributed by atoms with E-state index in [-0.39, 0.29) is 5.91 Å². The molecule has 0 spiro atoms. The molecule has 0 unspecified atom stereocenters. The number of hydrogen-bond donors (Lipinski definition) is 1. The predicted octanol–water partition coefficient (Wildman–Crippen LogP) is 2.99. The number of hydrogen-bond acceptors (Lipinski definition) is 2. The van der Waals surface area contributed by atoms with Crippen LogP contribution in [0.25, 0.3) is 0 Å². The summed E-state index contributed by atoms with van der Waals surface area (Å²) in [5.74, 6) is 0.133. The molecule has 1 aliphatic heterocycles. The van der Waals surface area contributed by atoms with E-state index in [1.807, 2.05) is 42.2 Å². The summed E-state index contributed by atoms with van der Waals surface area (Å²) >= 11 is 0. The maximum atomic E-state index is 12.7. The lowest BCUT2D eigenvalue weighted by molar-refractivity contribution is 0.0766. The van der Waals surface area contributed by atoms with Crippen molar-refractivity contribution in [2.75, 3.05) is 13.1 Å². The van der Waals surface area contributed by atoms with Crippen LogP contribution >= 0.6 is 0 Å². The zero-order valence-electron chi connectivity index (χ0n) is 13.0. The number of benzene rings is 2. The van der Waals surface area contributed by atoms with E-state index < -0.39 is 0 Å². The van der Waals surface area contributed by atoms with Crippen molar-refractivity contribution in [1.82, 2.24) is 10.2 Å². The first-order valence-corrected chi connectivity index (χ1v) is 7.93. The Balaban J connectivity index is 1.69. The quantitative estimate of drug-likeness (QED) is 0.919. The van der Waals surface area contributed by atoms with Gasteiger partial charge in [0.1, 0.15) is 0 Å². The van der Waals surface area contributed by atoms with Crippen LogP contribution in [-0.2, 0) is 19.5 Å². The van der Waals surface area contributed by atoms with E-state index in [9.17, 15) is 4.79 Å². The molecule has 3 nitrogen and oxygen atoms in total. The molecule has 0 fully saturated rings. The van der Waals surface area contributed by atoms with Crippen LogP contribution in [0.15, 0.2) is 48.5 Å². The number of carbonyl (C=O) groups excluding carboxylic acids is 1. The molecular weight excluding hydrogens is 272 g/mol. The van der Waals surface area contributed by atoms with Gasteiger partial charge in [0.2, 0.25) is 0 Å². The van der Waals surface area contributed by atoms with Crippen molar-refractivity contribution in [3.8, 4) is 0 Å². The van der Waals surface area contributed by atoms with Gasteiger partial charge in [-0.05, 0) is 42.2 Å². The fraction of sp³-hybridized carbons (Fsp3) is 0.316. The lowest BCUT2D eigenvalue weighted by Gasteiger charge is -2.21. The minimum Gasteiger partial charge on any atom is -0.339 e. The molecule has 1 N–H and O–H groups in total. The monoisotopic (exact) mass is 294 g/mol. The summed E-state index contributed by atoms with van der Waals surface area (Å²) in [7, 11) is 0. The molecular formula is C19H22N2O. The summed E-state index contributed by atoms with van der Waals surface area (Å²) in [4.78, 5) is 14.6. The maximum absolute atomic E-state index is 12.7. The molecule has 22 heavy (non-hydrogen) atoms. The van der Waals surface area contributed by atoms with Gasteiger partial charge >= 0.3 is 0 Å². The number of rotatable bonds is 5. The highest BCUT2D eigenvalue weighted by Gasteiger charge is 2.17. The number of likely N-dealkylation sites (N-methyl/N-ethyl adjacent to an activating group) is 1. The van der Waals surface area contributed by atoms with Gasteiger partial charge in [-0.3, -0.25) is 4.79 Å². The minimum atomic E-state index is 0.133. The normalized spacial score (nSPS) is 13.0. The Hall–Kier alpha value is -2.13. The predicted molar refractivity (Wildman–Crippen MR) is 88.7 cm³/mol. The van der Waals surface area contributed by atoms with E-state index in [2.05, 4.69) is 23.5 Å². The van der Waals surface area contributed by atoms with Crippen LogP contribution in [0.3, 0.4) is 0 Å². The molecule has 2 aromatic carbocycles. The zero-order valence-corrected chi connectivity index (χ0v) is 13.0. The van der Waals surface area contributed by atoms with E-state index >= 15 is 0 Å². The second-order valence-corrected chi connectivity index (χ2v) is 5.71. The Bertz CT molecular complexity index is 652. The molecule has 0 saturated carbocycles. The highest BCUT2D eigenvalue weighted by atomic mass is 16.2. The van der Waals surface area contributed by atoms with Gasteiger partial charge in [0, 0.05) is 31.7 Å². The van der Waals surface area contributed by atoms with Gasteiger partial charge in [-0.1, -0.05) is 36.4 Å². The Morgan fingerprint density at radius 1 is 1.09 bits per heavy atom. The maximum Gasteiger partial charge on any atom is 0.253 e. The first-order chi connectivity index (χ1) is 10.8. The van der Waals surface area contributed by atoms with Crippen molar-refractivity contribution in [2.45, 2.75) is 26.4 Å². The summed E-state index contributed by atoms with van der Waals surface area (Å²) < 4.78 is 0. The van der Waals surface area contributed by atoms with Crippen LogP contribution in [0, 0.1) is 0 Å². The SMILES string of the molecule is CCN(CCc1ccccc1)C(=O)c1ccc2c(c1)CNC2. The Kier molecular flexibility index (Phi) is 4.54. The summed E-state index contributed by atoms with van der Waals surface area (Å²) in [5.41, 5.74) is 4.64. The third kappa shape index (κ3) is 3.20. The highest BCUT2D eigenvalue weighted by molar-refractivity contribution is 5.94. The lowest BCUT2D eigenvalue weighted by atomic mass is 10.1. The second-order valence-electron chi connectivity index (χ2n) is 5.71. The van der Waals surface area contributed by atoms with Gasteiger partial charge in [-0.25, -0.2) is 0 Å². The lowest BCUT2D eigenvalue weighted by Crippen LogP contribution is -2.32. The molecule has 0 radical (unpaired) electrons. The van der Waals surface area contributed by atoms with Crippen LogP contribution in [0.4, 0.5) is 0 Å². The first-order valence-electron chi connectivity index (χ1n) is 7.93. The molecule has 1 aliphatic rings. The van der Waals surface area contributed by atoms with E-state index in [1.165, 1.54) is 16.7 Å². The van der Waals surface area contributed by atoms with E-state index in [0.29, 0.717) is 0 Å².